The highest BCUT2D eigenvalue weighted by atomic mass is 16.5. The Kier molecular flexibility index (Phi) is 7.18. The number of nitrogens with two attached hydrogens (primary N) is 4. The molecule has 0 saturated carbocycles. The van der Waals surface area contributed by atoms with Crippen LogP contribution in [0.1, 0.15) is 43.8 Å². The van der Waals surface area contributed by atoms with E-state index in [-0.39, 0.29) is 48.5 Å². The van der Waals surface area contributed by atoms with Gasteiger partial charge in [-0.2, -0.15) is 0 Å². The van der Waals surface area contributed by atoms with Crippen LogP contribution in [-0.2, 0) is 19.5 Å². The van der Waals surface area contributed by atoms with Crippen LogP contribution in [0.4, 0.5) is 0 Å². The fourth-order valence-corrected chi connectivity index (χ4v) is 3.64. The Hall–Kier alpha value is -4.06. The lowest BCUT2D eigenvalue weighted by molar-refractivity contribution is 0.0693. The number of carbonyl (C=O) groups excluding carboxylic acids is 1. The van der Waals surface area contributed by atoms with Gasteiger partial charge in [0.1, 0.15) is 5.75 Å². The molecular weight excluding hydrogens is 427 g/mol. The van der Waals surface area contributed by atoms with Crippen LogP contribution >= 0.6 is 0 Å². The zero-order valence-electron chi connectivity index (χ0n) is 17.8. The van der Waals surface area contributed by atoms with E-state index in [2.05, 4.69) is 9.98 Å². The molecule has 0 aromatic heterocycles. The number of aliphatic imine (C=N–C) groups is 2. The van der Waals surface area contributed by atoms with E-state index in [0.29, 0.717) is 23.1 Å². The normalized spacial score (nSPS) is 14.6. The number of para-hydroxylation sites is 1. The first-order valence-corrected chi connectivity index (χ1v) is 10.1. The average Bonchev–Trinajstić information content (AvgIpc) is 2.76. The third-order valence-electron chi connectivity index (χ3n) is 5.29. The third kappa shape index (κ3) is 5.80. The summed E-state index contributed by atoms with van der Waals surface area (Å²) in [7, 11) is -1.32. The number of benzene rings is 2. The molecule has 1 atom stereocenters. The maximum Gasteiger partial charge on any atom is 0.526 e. The van der Waals surface area contributed by atoms with Gasteiger partial charge in [0.15, 0.2) is 17.7 Å². The van der Waals surface area contributed by atoms with Crippen molar-refractivity contribution in [3.05, 3.63) is 64.2 Å². The van der Waals surface area contributed by atoms with Crippen molar-refractivity contribution >= 4 is 30.8 Å². The summed E-state index contributed by atoms with van der Waals surface area (Å²) in [5.41, 5.74) is 24.1. The largest absolute Gasteiger partial charge is 0.535 e. The van der Waals surface area contributed by atoms with E-state index in [4.69, 9.17) is 27.6 Å². The maximum absolute atomic E-state index is 13.0. The van der Waals surface area contributed by atoms with Crippen LogP contribution < -0.4 is 27.6 Å². The fourth-order valence-electron chi connectivity index (χ4n) is 3.64. The van der Waals surface area contributed by atoms with Crippen molar-refractivity contribution in [3.8, 4) is 5.75 Å². The van der Waals surface area contributed by atoms with Gasteiger partial charge in [-0.3, -0.25) is 4.79 Å². The second-order valence-electron chi connectivity index (χ2n) is 7.66. The second-order valence-corrected chi connectivity index (χ2v) is 7.66. The molecule has 1 heterocycles. The summed E-state index contributed by atoms with van der Waals surface area (Å²) >= 11 is 0. The Morgan fingerprint density at radius 2 is 1.70 bits per heavy atom. The molecule has 0 spiro atoms. The zero-order valence-corrected chi connectivity index (χ0v) is 17.8. The lowest BCUT2D eigenvalue weighted by Crippen LogP contribution is -2.35. The summed E-state index contributed by atoms with van der Waals surface area (Å²) < 4.78 is 5.47. The number of rotatable bonds is 8. The number of nitrogens with zero attached hydrogens (tertiary/aromatic N) is 2. The number of guanidine groups is 2. The third-order valence-corrected chi connectivity index (χ3v) is 5.29. The molecule has 12 heteroatoms. The molecular formula is C21H25BN6O5. The van der Waals surface area contributed by atoms with Gasteiger partial charge in [0.2, 0.25) is 0 Å². The van der Waals surface area contributed by atoms with Crippen LogP contribution in [0, 0.1) is 0 Å². The van der Waals surface area contributed by atoms with Gasteiger partial charge in [0.05, 0.1) is 18.7 Å². The van der Waals surface area contributed by atoms with E-state index in [0.717, 1.165) is 5.56 Å². The minimum Gasteiger partial charge on any atom is -0.535 e. The highest BCUT2D eigenvalue weighted by Gasteiger charge is 2.37. The molecule has 2 aromatic carbocycles. The minimum absolute atomic E-state index is 0.00705. The quantitative estimate of drug-likeness (QED) is 0.137. The molecule has 0 aliphatic carbocycles. The summed E-state index contributed by atoms with van der Waals surface area (Å²) in [6.07, 6.45) is 0.291. The molecule has 10 N–H and O–H groups in total. The smallest absolute Gasteiger partial charge is 0.526 e. The van der Waals surface area contributed by atoms with Crippen molar-refractivity contribution in [3.63, 3.8) is 0 Å². The summed E-state index contributed by atoms with van der Waals surface area (Å²) in [6, 6.07) is 9.76. The van der Waals surface area contributed by atoms with E-state index in [1.807, 2.05) is 0 Å². The Morgan fingerprint density at radius 1 is 1.03 bits per heavy atom. The summed E-state index contributed by atoms with van der Waals surface area (Å²) in [5, 5.41) is 19.8. The number of ketones is 1. The Labute approximate surface area is 190 Å². The van der Waals surface area contributed by atoms with Crippen LogP contribution in [0.2, 0.25) is 5.82 Å². The molecule has 0 unspecified atom stereocenters. The zero-order chi connectivity index (χ0) is 24.1. The molecule has 11 nitrogen and oxygen atoms in total. The predicted octanol–water partition coefficient (Wildman–Crippen LogP) is -0.00980. The van der Waals surface area contributed by atoms with E-state index >= 15 is 0 Å². The van der Waals surface area contributed by atoms with E-state index in [1.165, 1.54) is 6.07 Å². The van der Waals surface area contributed by atoms with Gasteiger partial charge in [-0.15, -0.1) is 0 Å². The lowest BCUT2D eigenvalue weighted by atomic mass is 9.64. The minimum atomic E-state index is -1.32. The van der Waals surface area contributed by atoms with Crippen LogP contribution in [0.5, 0.6) is 5.75 Å². The first-order valence-electron chi connectivity index (χ1n) is 10.1. The molecule has 33 heavy (non-hydrogen) atoms. The van der Waals surface area contributed by atoms with Crippen molar-refractivity contribution in [2.75, 3.05) is 0 Å². The van der Waals surface area contributed by atoms with E-state index < -0.39 is 18.9 Å². The molecule has 2 aromatic rings. The number of carboxylic acids is 1. The van der Waals surface area contributed by atoms with Crippen LogP contribution in [0.3, 0.4) is 0 Å². The number of aromatic carboxylic acids is 1. The maximum atomic E-state index is 13.0. The molecule has 0 bridgehead atoms. The van der Waals surface area contributed by atoms with Crippen molar-refractivity contribution in [2.24, 2.45) is 32.9 Å². The van der Waals surface area contributed by atoms with Gasteiger partial charge >= 0.3 is 13.1 Å². The average molecular weight is 452 g/mol. The molecule has 0 saturated heterocycles. The summed E-state index contributed by atoms with van der Waals surface area (Å²) in [6.45, 7) is 0.337. The summed E-state index contributed by atoms with van der Waals surface area (Å²) in [5.74, 6) is -1.95. The van der Waals surface area contributed by atoms with Crippen LogP contribution in [-0.4, -0.2) is 40.9 Å². The number of Topliss-reactive ketones (excluding diaryl/α,β-unsaturated/α-hetero) is 1. The molecule has 0 fully saturated rings. The number of carboxylic acid groups (broad SMARTS) is 1. The molecule has 172 valence electrons. The van der Waals surface area contributed by atoms with Crippen molar-refractivity contribution in [1.29, 1.82) is 0 Å². The number of carbonyl (C=O) groups is 2. The highest BCUT2D eigenvalue weighted by Crippen LogP contribution is 2.36. The molecule has 3 rings (SSSR count). The Morgan fingerprint density at radius 3 is 2.33 bits per heavy atom. The topological polar surface area (TPSA) is 213 Å². The van der Waals surface area contributed by atoms with Crippen molar-refractivity contribution < 1.29 is 24.4 Å². The van der Waals surface area contributed by atoms with Gasteiger partial charge in [-0.1, -0.05) is 24.3 Å². The van der Waals surface area contributed by atoms with Gasteiger partial charge in [0, 0.05) is 17.8 Å². The first kappa shape index (κ1) is 23.6. The first-order chi connectivity index (χ1) is 15.7. The Bertz CT molecular complexity index is 1130. The van der Waals surface area contributed by atoms with Gasteiger partial charge in [-0.05, 0) is 35.2 Å². The van der Waals surface area contributed by atoms with E-state index in [1.54, 1.807) is 30.3 Å². The molecule has 0 radical (unpaired) electrons. The Balaban J connectivity index is 1.81. The van der Waals surface area contributed by atoms with Crippen molar-refractivity contribution in [2.45, 2.75) is 31.7 Å². The van der Waals surface area contributed by atoms with Gasteiger partial charge in [-0.25, -0.2) is 14.8 Å². The van der Waals surface area contributed by atoms with Gasteiger partial charge < -0.3 is 37.7 Å². The number of hydrogen-bond donors (Lipinski definition) is 6. The predicted molar refractivity (Wildman–Crippen MR) is 124 cm³/mol. The molecule has 1 aliphatic rings. The molecule has 0 amide bonds. The molecule has 1 aliphatic heterocycles. The lowest BCUT2D eigenvalue weighted by Gasteiger charge is -2.28. The monoisotopic (exact) mass is 452 g/mol. The number of fused-ring (bicyclic) bond motifs is 1. The second kappa shape index (κ2) is 10.0. The van der Waals surface area contributed by atoms with Crippen molar-refractivity contribution in [1.82, 2.24) is 0 Å². The number of hydrogen-bond acceptors (Lipinski definition) is 6. The van der Waals surface area contributed by atoms with Crippen LogP contribution in [0.25, 0.3) is 0 Å². The fraction of sp³-hybridized carbons (Fsp3) is 0.238. The standard InChI is InChI=1S/C21H25BN6O5/c23-20(24)27-9-13-5-4-11(6-14(13)10-28-21(25)26)17(29)8-15-7-12-2-1-3-16(19(30)31)18(12)33-22(15)32/h1-6,15,32H,7-10H2,(H,30,31)(H4,23,24,27)(H4,25,26,28)/t15-/m1/s1. The van der Waals surface area contributed by atoms with E-state index in [9.17, 15) is 19.7 Å². The van der Waals surface area contributed by atoms with Gasteiger partial charge in [0.25, 0.3) is 0 Å². The SMILES string of the molecule is NC(N)=NCc1ccc(C(=O)C[C@H]2Cc3cccc(C(=O)O)c3OB2O)cc1CN=C(N)N. The van der Waals surface area contributed by atoms with Crippen LogP contribution in [0.15, 0.2) is 46.4 Å². The summed E-state index contributed by atoms with van der Waals surface area (Å²) in [4.78, 5) is 32.4. The highest BCUT2D eigenvalue weighted by molar-refractivity contribution is 6.47.